The van der Waals surface area contributed by atoms with Gasteiger partial charge in [-0.3, -0.25) is 4.79 Å². The summed E-state index contributed by atoms with van der Waals surface area (Å²) in [5, 5.41) is 6.17. The van der Waals surface area contributed by atoms with Gasteiger partial charge in [-0.25, -0.2) is 9.97 Å². The molecular weight excluding hydrogens is 324 g/mol. The first-order chi connectivity index (χ1) is 12.7. The first-order valence-electron chi connectivity index (χ1n) is 9.29. The lowest BCUT2D eigenvalue weighted by atomic mass is 9.97. The molecule has 0 bridgehead atoms. The largest absolute Gasteiger partial charge is 0.368 e. The van der Waals surface area contributed by atoms with Gasteiger partial charge in [-0.2, -0.15) is 0 Å². The first kappa shape index (κ1) is 18.1. The van der Waals surface area contributed by atoms with Crippen LogP contribution in [0.4, 0.5) is 5.82 Å². The molecule has 26 heavy (non-hydrogen) atoms. The van der Waals surface area contributed by atoms with Gasteiger partial charge in [-0.05, 0) is 50.2 Å². The molecule has 1 aliphatic rings. The molecule has 1 heterocycles. The van der Waals surface area contributed by atoms with Crippen LogP contribution in [0.1, 0.15) is 53.7 Å². The van der Waals surface area contributed by atoms with E-state index in [1.54, 1.807) is 6.20 Å². The molecule has 0 unspecified atom stereocenters. The van der Waals surface area contributed by atoms with E-state index in [9.17, 15) is 4.79 Å². The molecule has 1 aliphatic carbocycles. The van der Waals surface area contributed by atoms with Crippen molar-refractivity contribution in [1.29, 1.82) is 0 Å². The molecule has 136 valence electrons. The van der Waals surface area contributed by atoms with Crippen molar-refractivity contribution in [3.8, 4) is 0 Å². The minimum absolute atomic E-state index is 0.209. The molecule has 2 N–H and O–H groups in total. The number of aromatic nitrogens is 2. The summed E-state index contributed by atoms with van der Waals surface area (Å²) in [5.74, 6) is 0.497. The second-order valence-corrected chi connectivity index (χ2v) is 6.68. The fraction of sp³-hybridized carbons (Fsp3) is 0.381. The molecule has 1 aromatic carbocycles. The van der Waals surface area contributed by atoms with Crippen LogP contribution in [0.25, 0.3) is 0 Å². The lowest BCUT2D eigenvalue weighted by Crippen LogP contribution is -2.24. The summed E-state index contributed by atoms with van der Waals surface area (Å²) in [6, 6.07) is 8.00. The molecule has 0 aliphatic heterocycles. The minimum Gasteiger partial charge on any atom is -0.368 e. The van der Waals surface area contributed by atoms with E-state index in [-0.39, 0.29) is 5.91 Å². The van der Waals surface area contributed by atoms with E-state index in [1.807, 2.05) is 31.2 Å². The molecule has 5 heteroatoms. The number of carbonyl (C=O) groups excluding carboxylic acids is 1. The summed E-state index contributed by atoms with van der Waals surface area (Å²) in [4.78, 5) is 20.7. The summed E-state index contributed by atoms with van der Waals surface area (Å²) >= 11 is 0. The smallest absolute Gasteiger partial charge is 0.271 e. The van der Waals surface area contributed by atoms with Gasteiger partial charge in [0.05, 0.1) is 12.4 Å². The van der Waals surface area contributed by atoms with Gasteiger partial charge in [0.1, 0.15) is 11.5 Å². The van der Waals surface area contributed by atoms with E-state index in [4.69, 9.17) is 0 Å². The highest BCUT2D eigenvalue weighted by atomic mass is 16.1. The highest BCUT2D eigenvalue weighted by Crippen LogP contribution is 2.19. The second-order valence-electron chi connectivity index (χ2n) is 6.68. The molecule has 0 atom stereocenters. The maximum absolute atomic E-state index is 12.2. The average Bonchev–Trinajstić information content (AvgIpc) is 2.68. The lowest BCUT2D eigenvalue weighted by Gasteiger charge is -2.13. The average molecular weight is 350 g/mol. The minimum atomic E-state index is -0.209. The van der Waals surface area contributed by atoms with Gasteiger partial charge in [0.15, 0.2) is 0 Å². The summed E-state index contributed by atoms with van der Waals surface area (Å²) in [5.41, 5.74) is 4.12. The van der Waals surface area contributed by atoms with Crippen molar-refractivity contribution in [2.24, 2.45) is 0 Å². The van der Waals surface area contributed by atoms with Crippen LogP contribution in [-0.2, 0) is 6.54 Å². The number of allylic oxidation sites excluding steroid dienone is 1. The van der Waals surface area contributed by atoms with Gasteiger partial charge < -0.3 is 10.6 Å². The van der Waals surface area contributed by atoms with Crippen LogP contribution in [0.15, 0.2) is 48.3 Å². The van der Waals surface area contributed by atoms with Crippen molar-refractivity contribution in [2.45, 2.75) is 45.6 Å². The third-order valence-electron chi connectivity index (χ3n) is 4.72. The van der Waals surface area contributed by atoms with E-state index in [0.717, 1.165) is 24.1 Å². The molecule has 0 radical (unpaired) electrons. The van der Waals surface area contributed by atoms with E-state index >= 15 is 0 Å². The van der Waals surface area contributed by atoms with Crippen LogP contribution in [0.3, 0.4) is 0 Å². The topological polar surface area (TPSA) is 66.9 Å². The molecule has 0 saturated heterocycles. The van der Waals surface area contributed by atoms with E-state index < -0.39 is 0 Å². The van der Waals surface area contributed by atoms with Crippen LogP contribution in [0.2, 0.25) is 0 Å². The number of hydrogen-bond donors (Lipinski definition) is 2. The lowest BCUT2D eigenvalue weighted by molar-refractivity contribution is 0.0945. The van der Waals surface area contributed by atoms with Gasteiger partial charge >= 0.3 is 0 Å². The second kappa shape index (κ2) is 9.13. The zero-order valence-electron chi connectivity index (χ0n) is 15.3. The standard InChI is InChI=1S/C21H26N4O/c1-16-7-5-6-10-18(16)13-25-21(26)19-14-24-20(15-23-19)22-12-11-17-8-3-2-4-9-17/h5-8,10,14-15H,2-4,9,11-13H2,1H3,(H,22,24)(H,25,26). The molecule has 2 aromatic rings. The fourth-order valence-corrected chi connectivity index (χ4v) is 3.09. The number of amides is 1. The van der Waals surface area contributed by atoms with Gasteiger partial charge in [0.25, 0.3) is 5.91 Å². The Morgan fingerprint density at radius 1 is 1.15 bits per heavy atom. The number of rotatable bonds is 7. The van der Waals surface area contributed by atoms with Crippen LogP contribution < -0.4 is 10.6 Å². The fourth-order valence-electron chi connectivity index (χ4n) is 3.09. The normalized spacial score (nSPS) is 13.8. The number of anilines is 1. The third kappa shape index (κ3) is 5.15. The Balaban J connectivity index is 1.46. The Hall–Kier alpha value is -2.69. The molecule has 3 rings (SSSR count). The zero-order valence-corrected chi connectivity index (χ0v) is 15.3. The predicted octanol–water partition coefficient (Wildman–Crippen LogP) is 4.02. The number of benzene rings is 1. The molecule has 0 fully saturated rings. The maximum atomic E-state index is 12.2. The number of hydrogen-bond acceptors (Lipinski definition) is 4. The first-order valence-corrected chi connectivity index (χ1v) is 9.29. The summed E-state index contributed by atoms with van der Waals surface area (Å²) in [6.45, 7) is 3.37. The number of nitrogens with one attached hydrogen (secondary N) is 2. The molecule has 1 amide bonds. The van der Waals surface area contributed by atoms with Crippen LogP contribution in [0, 0.1) is 6.92 Å². The highest BCUT2D eigenvalue weighted by molar-refractivity contribution is 5.91. The quantitative estimate of drug-likeness (QED) is 0.740. The Morgan fingerprint density at radius 2 is 2.04 bits per heavy atom. The Bertz CT molecular complexity index is 768. The number of nitrogens with zero attached hydrogens (tertiary/aromatic N) is 2. The van der Waals surface area contributed by atoms with Gasteiger partial charge in [0, 0.05) is 13.1 Å². The highest BCUT2D eigenvalue weighted by Gasteiger charge is 2.09. The van der Waals surface area contributed by atoms with E-state index in [1.165, 1.54) is 37.5 Å². The van der Waals surface area contributed by atoms with Gasteiger partial charge in [-0.1, -0.05) is 35.9 Å². The molecule has 5 nitrogen and oxygen atoms in total. The predicted molar refractivity (Wildman–Crippen MR) is 104 cm³/mol. The van der Waals surface area contributed by atoms with Crippen molar-refractivity contribution in [3.05, 3.63) is 65.1 Å². The zero-order chi connectivity index (χ0) is 18.2. The maximum Gasteiger partial charge on any atom is 0.271 e. The summed E-state index contributed by atoms with van der Waals surface area (Å²) in [7, 11) is 0. The molecular formula is C21H26N4O. The molecule has 0 saturated carbocycles. The van der Waals surface area contributed by atoms with E-state index in [2.05, 4.69) is 26.7 Å². The Morgan fingerprint density at radius 3 is 2.77 bits per heavy atom. The van der Waals surface area contributed by atoms with Crippen LogP contribution in [-0.4, -0.2) is 22.4 Å². The van der Waals surface area contributed by atoms with Gasteiger partial charge in [0.2, 0.25) is 0 Å². The number of aryl methyl sites for hydroxylation is 1. The summed E-state index contributed by atoms with van der Waals surface area (Å²) < 4.78 is 0. The van der Waals surface area contributed by atoms with Crippen LogP contribution in [0.5, 0.6) is 0 Å². The SMILES string of the molecule is Cc1ccccc1CNC(=O)c1cnc(NCCC2=CCCCC2)cn1. The van der Waals surface area contributed by atoms with Crippen molar-refractivity contribution in [3.63, 3.8) is 0 Å². The Kier molecular flexibility index (Phi) is 6.36. The molecule has 1 aromatic heterocycles. The van der Waals surface area contributed by atoms with Crippen molar-refractivity contribution in [2.75, 3.05) is 11.9 Å². The Labute approximate surface area is 155 Å². The van der Waals surface area contributed by atoms with Gasteiger partial charge in [-0.15, -0.1) is 0 Å². The van der Waals surface area contributed by atoms with Crippen LogP contribution >= 0.6 is 0 Å². The third-order valence-corrected chi connectivity index (χ3v) is 4.72. The molecule has 0 spiro atoms. The summed E-state index contributed by atoms with van der Waals surface area (Å²) in [6.07, 6.45) is 11.6. The van der Waals surface area contributed by atoms with Crippen molar-refractivity contribution >= 4 is 11.7 Å². The van der Waals surface area contributed by atoms with E-state index in [0.29, 0.717) is 18.1 Å². The number of carbonyl (C=O) groups is 1. The van der Waals surface area contributed by atoms with Crippen molar-refractivity contribution in [1.82, 2.24) is 15.3 Å². The monoisotopic (exact) mass is 350 g/mol. The van der Waals surface area contributed by atoms with Crippen molar-refractivity contribution < 1.29 is 4.79 Å².